The molecule has 1 heterocycles. The fraction of sp³-hybridized carbons (Fsp3) is 0.227. The molecule has 3 N–H and O–H groups in total. The van der Waals surface area contributed by atoms with Gasteiger partial charge in [-0.25, -0.2) is 4.79 Å². The molecule has 0 aliphatic rings. The molecule has 0 atom stereocenters. The number of nitrogens with two attached hydrogens (primary N) is 1. The van der Waals surface area contributed by atoms with Crippen LogP contribution in [0.5, 0.6) is 5.75 Å². The van der Waals surface area contributed by atoms with Crippen LogP contribution in [0.2, 0.25) is 0 Å². The minimum atomic E-state index is -0.525. The lowest BCUT2D eigenvalue weighted by atomic mass is 9.84. The van der Waals surface area contributed by atoms with E-state index in [1.165, 1.54) is 9.77 Å². The van der Waals surface area contributed by atoms with E-state index in [9.17, 15) is 4.79 Å². The minimum Gasteiger partial charge on any atom is -0.410 e. The van der Waals surface area contributed by atoms with Crippen LogP contribution in [-0.2, 0) is 5.41 Å². The molecule has 0 fully saturated rings. The molecule has 0 saturated carbocycles. The third-order valence-corrected chi connectivity index (χ3v) is 6.33. The lowest BCUT2D eigenvalue weighted by molar-refractivity contribution is 0.215. The van der Waals surface area contributed by atoms with Crippen LogP contribution < -0.4 is 15.8 Å². The smallest absolute Gasteiger partial charge is 0.410 e. The summed E-state index contributed by atoms with van der Waals surface area (Å²) >= 11 is 3.33. The molecule has 6 heteroatoms. The summed E-state index contributed by atoms with van der Waals surface area (Å²) in [5.74, 6) is 0.498. The fourth-order valence-corrected chi connectivity index (χ4v) is 5.28. The number of carbonyl (C=O) groups is 1. The zero-order valence-corrected chi connectivity index (χ0v) is 18.0. The summed E-state index contributed by atoms with van der Waals surface area (Å²) in [6.45, 7) is 6.57. The van der Waals surface area contributed by atoms with E-state index < -0.39 is 6.09 Å². The number of nitrogens with one attached hydrogen (secondary N) is 1. The first-order valence-corrected chi connectivity index (χ1v) is 10.9. The maximum atomic E-state index is 12.2. The van der Waals surface area contributed by atoms with Crippen molar-refractivity contribution >= 4 is 39.9 Å². The molecule has 0 bridgehead atoms. The van der Waals surface area contributed by atoms with Crippen LogP contribution in [0.3, 0.4) is 0 Å². The Morgan fingerprint density at radius 3 is 2.46 bits per heavy atom. The summed E-state index contributed by atoms with van der Waals surface area (Å²) in [6.07, 6.45) is 1.55. The lowest BCUT2D eigenvalue weighted by Crippen LogP contribution is -2.16. The van der Waals surface area contributed by atoms with Gasteiger partial charge < -0.3 is 10.5 Å². The molecular weight excluding hydrogens is 388 g/mol. The summed E-state index contributed by atoms with van der Waals surface area (Å²) in [5, 5.41) is 3.59. The summed E-state index contributed by atoms with van der Waals surface area (Å²) in [4.78, 5) is 12.2. The van der Waals surface area contributed by atoms with Gasteiger partial charge in [-0.2, -0.15) is 0 Å². The van der Waals surface area contributed by atoms with Gasteiger partial charge in [-0.1, -0.05) is 51.1 Å². The number of rotatable bonds is 4. The molecule has 3 rings (SSSR count). The van der Waals surface area contributed by atoms with Gasteiger partial charge in [-0.05, 0) is 47.1 Å². The quantitative estimate of drug-likeness (QED) is 0.472. The molecular formula is C22H24N2O2S2. The molecule has 1 aromatic heterocycles. The molecule has 3 aromatic rings. The highest BCUT2D eigenvalue weighted by atomic mass is 32.2. The highest BCUT2D eigenvalue weighted by molar-refractivity contribution is 8.00. The molecule has 4 nitrogen and oxygen atoms in total. The number of amides is 1. The molecule has 0 spiro atoms. The molecule has 0 aliphatic heterocycles. The highest BCUT2D eigenvalue weighted by Gasteiger charge is 2.27. The van der Waals surface area contributed by atoms with Crippen LogP contribution in [0.4, 0.5) is 15.5 Å². The van der Waals surface area contributed by atoms with E-state index in [2.05, 4.69) is 32.3 Å². The van der Waals surface area contributed by atoms with E-state index in [-0.39, 0.29) is 5.41 Å². The lowest BCUT2D eigenvalue weighted by Gasteiger charge is -2.22. The standard InChI is InChI=1S/C22H24N2O2S2/c1-22(2,3)18-17(19(23)28-20(18)27-4)14-9-8-10-15(13-14)24-21(25)26-16-11-6-5-7-12-16/h5-13H,23H2,1-4H3,(H,24,25). The van der Waals surface area contributed by atoms with E-state index >= 15 is 0 Å². The average Bonchev–Trinajstić information content (AvgIpc) is 2.99. The molecule has 1 amide bonds. The van der Waals surface area contributed by atoms with Gasteiger partial charge >= 0.3 is 6.09 Å². The molecule has 0 radical (unpaired) electrons. The van der Waals surface area contributed by atoms with Gasteiger partial charge in [0.1, 0.15) is 5.75 Å². The second-order valence-electron chi connectivity index (χ2n) is 7.37. The number of hydrogen-bond donors (Lipinski definition) is 2. The van der Waals surface area contributed by atoms with Gasteiger partial charge in [-0.3, -0.25) is 5.32 Å². The Morgan fingerprint density at radius 1 is 1.11 bits per heavy atom. The Balaban J connectivity index is 1.90. The van der Waals surface area contributed by atoms with Crippen LogP contribution in [0, 0.1) is 0 Å². The second-order valence-corrected chi connectivity index (χ2v) is 9.49. The predicted molar refractivity (Wildman–Crippen MR) is 121 cm³/mol. The summed E-state index contributed by atoms with van der Waals surface area (Å²) in [6, 6.07) is 16.7. The molecule has 0 unspecified atom stereocenters. The van der Waals surface area contributed by atoms with Crippen molar-refractivity contribution < 1.29 is 9.53 Å². The van der Waals surface area contributed by atoms with Gasteiger partial charge in [0.05, 0.1) is 9.21 Å². The summed E-state index contributed by atoms with van der Waals surface area (Å²) in [7, 11) is 0. The van der Waals surface area contributed by atoms with Gasteiger partial charge in [0.2, 0.25) is 0 Å². The van der Waals surface area contributed by atoms with Gasteiger partial charge in [0.15, 0.2) is 0 Å². The Kier molecular flexibility index (Phi) is 6.01. The van der Waals surface area contributed by atoms with E-state index in [4.69, 9.17) is 10.5 Å². The highest BCUT2D eigenvalue weighted by Crippen LogP contribution is 2.48. The third-order valence-electron chi connectivity index (χ3n) is 4.19. The largest absolute Gasteiger partial charge is 0.417 e. The number of thiophene rings is 1. The third kappa shape index (κ3) is 4.51. The normalized spacial score (nSPS) is 11.3. The number of hydrogen-bond acceptors (Lipinski definition) is 5. The molecule has 0 saturated heterocycles. The maximum absolute atomic E-state index is 12.2. The Hall–Kier alpha value is -2.44. The van der Waals surface area contributed by atoms with E-state index in [0.29, 0.717) is 11.4 Å². The van der Waals surface area contributed by atoms with Crippen molar-refractivity contribution in [2.75, 3.05) is 17.3 Å². The number of para-hydroxylation sites is 1. The van der Waals surface area contributed by atoms with Crippen LogP contribution in [0.1, 0.15) is 26.3 Å². The summed E-state index contributed by atoms with van der Waals surface area (Å²) < 4.78 is 6.54. The SMILES string of the molecule is CSc1sc(N)c(-c2cccc(NC(=O)Oc3ccccc3)c2)c1C(C)(C)C. The van der Waals surface area contributed by atoms with Crippen LogP contribution in [0.25, 0.3) is 11.1 Å². The first kappa shape index (κ1) is 20.3. The number of anilines is 2. The molecule has 0 aliphatic carbocycles. The number of benzene rings is 2. The predicted octanol–water partition coefficient (Wildman–Crippen LogP) is 6.63. The Labute approximate surface area is 174 Å². The van der Waals surface area contributed by atoms with Crippen molar-refractivity contribution in [3.8, 4) is 16.9 Å². The maximum Gasteiger partial charge on any atom is 0.417 e. The monoisotopic (exact) mass is 412 g/mol. The fourth-order valence-electron chi connectivity index (χ4n) is 3.03. The first-order valence-electron chi connectivity index (χ1n) is 8.90. The zero-order valence-electron chi connectivity index (χ0n) is 16.4. The van der Waals surface area contributed by atoms with Crippen LogP contribution in [-0.4, -0.2) is 12.3 Å². The van der Waals surface area contributed by atoms with Crippen molar-refractivity contribution in [2.45, 2.75) is 30.4 Å². The molecule has 28 heavy (non-hydrogen) atoms. The first-order chi connectivity index (χ1) is 13.3. The van der Waals surface area contributed by atoms with Crippen molar-refractivity contribution in [3.05, 3.63) is 60.2 Å². The number of carbonyl (C=O) groups excluding carboxylic acids is 1. The van der Waals surface area contributed by atoms with Crippen molar-refractivity contribution in [3.63, 3.8) is 0 Å². The zero-order chi connectivity index (χ0) is 20.3. The van der Waals surface area contributed by atoms with E-state index in [1.807, 2.05) is 42.5 Å². The van der Waals surface area contributed by atoms with Gasteiger partial charge in [0, 0.05) is 11.3 Å². The molecule has 146 valence electrons. The van der Waals surface area contributed by atoms with Crippen molar-refractivity contribution in [2.24, 2.45) is 0 Å². The molecule has 2 aromatic carbocycles. The number of ether oxygens (including phenoxy) is 1. The van der Waals surface area contributed by atoms with E-state index in [0.717, 1.165) is 16.1 Å². The van der Waals surface area contributed by atoms with E-state index in [1.54, 1.807) is 35.2 Å². The van der Waals surface area contributed by atoms with Crippen molar-refractivity contribution in [1.29, 1.82) is 0 Å². The second kappa shape index (κ2) is 8.29. The Morgan fingerprint density at radius 2 is 1.82 bits per heavy atom. The van der Waals surface area contributed by atoms with Gasteiger partial charge in [-0.15, -0.1) is 23.1 Å². The van der Waals surface area contributed by atoms with Crippen molar-refractivity contribution in [1.82, 2.24) is 0 Å². The van der Waals surface area contributed by atoms with Crippen LogP contribution >= 0.6 is 23.1 Å². The summed E-state index contributed by atoms with van der Waals surface area (Å²) in [5.41, 5.74) is 10.3. The number of nitrogen functional groups attached to an aromatic ring is 1. The topological polar surface area (TPSA) is 64.3 Å². The van der Waals surface area contributed by atoms with Crippen LogP contribution in [0.15, 0.2) is 58.8 Å². The average molecular weight is 413 g/mol. The Bertz CT molecular complexity index is 976. The number of thioether (sulfide) groups is 1. The minimum absolute atomic E-state index is 0.0442. The van der Waals surface area contributed by atoms with Gasteiger partial charge in [0.25, 0.3) is 0 Å².